The molecule has 1 aromatic heterocycles. The fourth-order valence-electron chi connectivity index (χ4n) is 4.11. The van der Waals surface area contributed by atoms with Gasteiger partial charge in [0, 0.05) is 25.8 Å². The lowest BCUT2D eigenvalue weighted by Crippen LogP contribution is -2.26. The predicted octanol–water partition coefficient (Wildman–Crippen LogP) is 2.35. The van der Waals surface area contributed by atoms with Gasteiger partial charge in [-0.15, -0.1) is 0 Å². The molecule has 13 heteroatoms. The van der Waals surface area contributed by atoms with Gasteiger partial charge in [-0.3, -0.25) is 0 Å². The van der Waals surface area contributed by atoms with Crippen LogP contribution in [0.1, 0.15) is 12.2 Å². The van der Waals surface area contributed by atoms with Crippen LogP contribution in [0.5, 0.6) is 0 Å². The number of guanidine groups is 1. The highest BCUT2D eigenvalue weighted by Crippen LogP contribution is 2.52. The number of amidine groups is 1. The number of hydrogen-bond acceptors (Lipinski definition) is 7. The van der Waals surface area contributed by atoms with Crippen molar-refractivity contribution in [1.29, 1.82) is 0 Å². The highest BCUT2D eigenvalue weighted by Gasteiger charge is 2.56. The van der Waals surface area contributed by atoms with Gasteiger partial charge in [0.2, 0.25) is 11.8 Å². The summed E-state index contributed by atoms with van der Waals surface area (Å²) in [6.07, 6.45) is -5.12. The van der Waals surface area contributed by atoms with E-state index in [-0.39, 0.29) is 30.1 Å². The van der Waals surface area contributed by atoms with Crippen LogP contribution in [0.4, 0.5) is 24.9 Å². The largest absolute Gasteiger partial charge is 0.391 e. The zero-order valence-corrected chi connectivity index (χ0v) is 19.1. The topological polar surface area (TPSA) is 131 Å². The Morgan fingerprint density at radius 2 is 1.91 bits per heavy atom. The fraction of sp³-hybridized carbons (Fsp3) is 0.455. The molecule has 2 heterocycles. The number of benzene rings is 1. The number of rotatable bonds is 9. The molecule has 35 heavy (non-hydrogen) atoms. The van der Waals surface area contributed by atoms with Crippen LogP contribution in [0.25, 0.3) is 0 Å². The van der Waals surface area contributed by atoms with Gasteiger partial charge >= 0.3 is 12.2 Å². The third kappa shape index (κ3) is 6.10. The summed E-state index contributed by atoms with van der Waals surface area (Å²) >= 11 is 0. The number of nitrogens with two attached hydrogens (primary N) is 2. The van der Waals surface area contributed by atoms with Crippen LogP contribution in [0, 0.1) is 17.8 Å². The summed E-state index contributed by atoms with van der Waals surface area (Å²) in [5, 5.41) is 3.86. The summed E-state index contributed by atoms with van der Waals surface area (Å²) in [4.78, 5) is 16.1. The van der Waals surface area contributed by atoms with Gasteiger partial charge in [0.05, 0.1) is 19.6 Å². The number of ether oxygens (including phenoxy) is 1. The molecule has 1 saturated heterocycles. The Morgan fingerprint density at radius 3 is 2.57 bits per heavy atom. The molecule has 1 unspecified atom stereocenters. The molecule has 1 aliphatic carbocycles. The van der Waals surface area contributed by atoms with Gasteiger partial charge in [-0.05, 0) is 29.9 Å². The predicted molar refractivity (Wildman–Crippen MR) is 125 cm³/mol. The minimum absolute atomic E-state index is 0.0586. The number of anilines is 2. The van der Waals surface area contributed by atoms with Gasteiger partial charge in [0.1, 0.15) is 5.82 Å². The van der Waals surface area contributed by atoms with Crippen LogP contribution < -0.4 is 21.3 Å². The summed E-state index contributed by atoms with van der Waals surface area (Å²) in [6, 6.07) is 9.80. The van der Waals surface area contributed by atoms with Crippen molar-refractivity contribution in [2.75, 3.05) is 43.2 Å². The quantitative estimate of drug-likeness (QED) is 0.310. The lowest BCUT2D eigenvalue weighted by atomic mass is 10.3. The number of piperidine rings is 1. The maximum atomic E-state index is 12.2. The second-order valence-corrected chi connectivity index (χ2v) is 8.52. The molecule has 2 fully saturated rings. The molecule has 188 valence electrons. The first-order valence-corrected chi connectivity index (χ1v) is 11.0. The SMILES string of the molecule is C=C(N=C(N)N=C(N)c1noc(N2C[C@@H]3C(COCCC(F)(F)F)[C@@H]3C2)n1)N(C)c1ccccc1. The summed E-state index contributed by atoms with van der Waals surface area (Å²) in [7, 11) is 1.80. The van der Waals surface area contributed by atoms with Crippen molar-refractivity contribution in [3.8, 4) is 0 Å². The number of alkyl halides is 3. The van der Waals surface area contributed by atoms with E-state index in [0.717, 1.165) is 5.69 Å². The molecule has 10 nitrogen and oxygen atoms in total. The third-order valence-corrected chi connectivity index (χ3v) is 6.14. The minimum Gasteiger partial charge on any atom is -0.381 e. The Kier molecular flexibility index (Phi) is 6.96. The molecule has 3 atom stereocenters. The molecule has 4 N–H and O–H groups in total. The first kappa shape index (κ1) is 24.5. The van der Waals surface area contributed by atoms with Crippen LogP contribution in [0.3, 0.4) is 0 Å². The number of hydrogen-bond donors (Lipinski definition) is 2. The normalized spacial score (nSPS) is 22.3. The molecule has 1 saturated carbocycles. The summed E-state index contributed by atoms with van der Waals surface area (Å²) < 4.78 is 47.1. The molecule has 2 aliphatic rings. The molecule has 0 spiro atoms. The molecular formula is C22H27F3N8O2. The van der Waals surface area contributed by atoms with E-state index in [1.165, 1.54) is 0 Å². The van der Waals surface area contributed by atoms with Crippen molar-refractivity contribution >= 4 is 23.5 Å². The molecule has 1 aliphatic heterocycles. The van der Waals surface area contributed by atoms with Crippen LogP contribution >= 0.6 is 0 Å². The molecule has 0 bridgehead atoms. The average Bonchev–Trinajstić information content (AvgIpc) is 3.17. The number of aliphatic imine (C=N–C) groups is 2. The minimum atomic E-state index is -4.19. The van der Waals surface area contributed by atoms with Crippen LogP contribution in [0.15, 0.2) is 57.2 Å². The van der Waals surface area contributed by atoms with Gasteiger partial charge in [0.25, 0.3) is 0 Å². The van der Waals surface area contributed by atoms with Gasteiger partial charge in [-0.25, -0.2) is 0 Å². The van der Waals surface area contributed by atoms with Gasteiger partial charge in [-0.1, -0.05) is 29.9 Å². The standard InChI is InChI=1S/C22H27F3N8O2/c1-13(32(2)14-6-4-3-5-7-14)28-20(27)29-18(26)19-30-21(35-31-19)33-10-15-16(11-33)17(15)12-34-9-8-22(23,24)25/h3-7,15-17H,1,8-12H2,2H3,(H4,26,27,28,29)/t15-,16+,17?. The van der Waals surface area contributed by atoms with Crippen molar-refractivity contribution in [2.24, 2.45) is 39.2 Å². The van der Waals surface area contributed by atoms with Crippen LogP contribution in [-0.4, -0.2) is 61.5 Å². The van der Waals surface area contributed by atoms with Crippen molar-refractivity contribution in [1.82, 2.24) is 10.1 Å². The zero-order valence-electron chi connectivity index (χ0n) is 19.1. The lowest BCUT2D eigenvalue weighted by Gasteiger charge is -2.18. The maximum Gasteiger partial charge on any atom is 0.391 e. The summed E-state index contributed by atoms with van der Waals surface area (Å²) in [6.45, 7) is 5.23. The Balaban J connectivity index is 1.27. The average molecular weight is 493 g/mol. The van der Waals surface area contributed by atoms with Crippen LogP contribution in [0.2, 0.25) is 0 Å². The Bertz CT molecular complexity index is 1090. The highest BCUT2D eigenvalue weighted by molar-refractivity contribution is 6.02. The Morgan fingerprint density at radius 1 is 1.23 bits per heavy atom. The number of para-hydroxylation sites is 1. The Labute approximate surface area is 200 Å². The maximum absolute atomic E-state index is 12.2. The van der Waals surface area contributed by atoms with E-state index >= 15 is 0 Å². The monoisotopic (exact) mass is 492 g/mol. The molecule has 2 aromatic rings. The van der Waals surface area contributed by atoms with E-state index in [1.807, 2.05) is 35.2 Å². The van der Waals surface area contributed by atoms with E-state index in [9.17, 15) is 13.2 Å². The van der Waals surface area contributed by atoms with E-state index in [0.29, 0.717) is 43.4 Å². The highest BCUT2D eigenvalue weighted by atomic mass is 19.4. The molecule has 0 amide bonds. The van der Waals surface area contributed by atoms with E-state index in [1.54, 1.807) is 11.9 Å². The first-order chi connectivity index (χ1) is 16.6. The van der Waals surface area contributed by atoms with Crippen molar-refractivity contribution in [3.63, 3.8) is 0 Å². The third-order valence-electron chi connectivity index (χ3n) is 6.14. The van der Waals surface area contributed by atoms with Crippen molar-refractivity contribution in [3.05, 3.63) is 48.6 Å². The van der Waals surface area contributed by atoms with Crippen molar-refractivity contribution < 1.29 is 22.4 Å². The van der Waals surface area contributed by atoms with Crippen molar-refractivity contribution in [2.45, 2.75) is 12.6 Å². The van der Waals surface area contributed by atoms with E-state index in [2.05, 4.69) is 26.7 Å². The second-order valence-electron chi connectivity index (χ2n) is 8.52. The number of fused-ring (bicyclic) bond motifs is 1. The number of aromatic nitrogens is 2. The van der Waals surface area contributed by atoms with E-state index < -0.39 is 12.6 Å². The Hall–Kier alpha value is -3.61. The zero-order chi connectivity index (χ0) is 25.2. The summed E-state index contributed by atoms with van der Waals surface area (Å²) in [5.74, 6) is 1.19. The van der Waals surface area contributed by atoms with Gasteiger partial charge in [-0.2, -0.15) is 28.1 Å². The van der Waals surface area contributed by atoms with Crippen LogP contribution in [-0.2, 0) is 4.74 Å². The summed E-state index contributed by atoms with van der Waals surface area (Å²) in [5.41, 5.74) is 12.8. The van der Waals surface area contributed by atoms with Gasteiger partial charge in [0.15, 0.2) is 5.84 Å². The molecule has 1 aromatic carbocycles. The first-order valence-electron chi connectivity index (χ1n) is 11.0. The lowest BCUT2D eigenvalue weighted by molar-refractivity contribution is -0.145. The van der Waals surface area contributed by atoms with E-state index in [4.69, 9.17) is 20.7 Å². The molecule has 0 radical (unpaired) electrons. The van der Waals surface area contributed by atoms with Gasteiger partial charge < -0.3 is 30.5 Å². The fourth-order valence-corrected chi connectivity index (χ4v) is 4.11. The number of nitrogens with zero attached hydrogens (tertiary/aromatic N) is 6. The second kappa shape index (κ2) is 9.94. The molecular weight excluding hydrogens is 465 g/mol. The smallest absolute Gasteiger partial charge is 0.381 e. The molecule has 4 rings (SSSR count). The number of halogens is 3.